The minimum absolute atomic E-state index is 0.0307. The molecule has 2 aromatic rings. The molecule has 25 heavy (non-hydrogen) atoms. The third-order valence-corrected chi connectivity index (χ3v) is 6.03. The number of nitrogens with two attached hydrogens (primary N) is 1. The van der Waals surface area contributed by atoms with E-state index in [0.717, 1.165) is 17.7 Å². The third kappa shape index (κ3) is 4.40. The lowest BCUT2D eigenvalue weighted by Gasteiger charge is -2.26. The van der Waals surface area contributed by atoms with Crippen LogP contribution in [0.25, 0.3) is 11.3 Å². The second-order valence-corrected chi connectivity index (χ2v) is 7.97. The van der Waals surface area contributed by atoms with Gasteiger partial charge in [-0.05, 0) is 18.4 Å². The first-order valence-electron chi connectivity index (χ1n) is 8.73. The lowest BCUT2D eigenvalue weighted by molar-refractivity contribution is 0.0934. The highest BCUT2D eigenvalue weighted by Crippen LogP contribution is 2.30. The molecule has 1 atom stereocenters. The Bertz CT molecular complexity index is 703. The molecule has 8 heteroatoms. The predicted octanol–water partition coefficient (Wildman–Crippen LogP) is 3.22. The number of carbonyl (C=O) groups excluding carboxylic acids is 1. The summed E-state index contributed by atoms with van der Waals surface area (Å²) in [6.07, 6.45) is 7.40. The first-order valence-corrected chi connectivity index (χ1v) is 9.99. The molecule has 2 heterocycles. The van der Waals surface area contributed by atoms with E-state index >= 15 is 0 Å². The summed E-state index contributed by atoms with van der Waals surface area (Å²) >= 11 is 7.47. The summed E-state index contributed by atoms with van der Waals surface area (Å²) in [7, 11) is 1.78. The van der Waals surface area contributed by atoms with Gasteiger partial charge >= 0.3 is 0 Å². The number of hydrogen-bond acceptors (Lipinski definition) is 5. The van der Waals surface area contributed by atoms with Gasteiger partial charge in [-0.1, -0.05) is 48.9 Å². The fraction of sp³-hybridized carbons (Fsp3) is 0.588. The van der Waals surface area contributed by atoms with Crippen LogP contribution in [0.4, 0.5) is 0 Å². The summed E-state index contributed by atoms with van der Waals surface area (Å²) in [4.78, 5) is 13.2. The Kier molecular flexibility index (Phi) is 6.09. The molecule has 3 rings (SSSR count). The van der Waals surface area contributed by atoms with E-state index in [4.69, 9.17) is 17.3 Å². The summed E-state index contributed by atoms with van der Waals surface area (Å²) in [6.45, 7) is 0.470. The first-order chi connectivity index (χ1) is 12.1. The molecule has 1 amide bonds. The molecule has 0 aromatic carbocycles. The summed E-state index contributed by atoms with van der Waals surface area (Å²) in [5.74, 6) is 0.606. The van der Waals surface area contributed by atoms with Gasteiger partial charge in [-0.15, -0.1) is 16.4 Å². The Balaban J connectivity index is 1.64. The van der Waals surface area contributed by atoms with Gasteiger partial charge in [0.25, 0.3) is 5.91 Å². The number of aromatic nitrogens is 3. The average molecular weight is 382 g/mol. The van der Waals surface area contributed by atoms with Crippen LogP contribution in [-0.4, -0.2) is 33.5 Å². The molecule has 0 spiro atoms. The number of thiophene rings is 1. The van der Waals surface area contributed by atoms with Gasteiger partial charge in [-0.25, -0.2) is 4.68 Å². The zero-order chi connectivity index (χ0) is 17.8. The van der Waals surface area contributed by atoms with Gasteiger partial charge in [0.2, 0.25) is 0 Å². The number of nitrogens with one attached hydrogen (secondary N) is 1. The Morgan fingerprint density at radius 2 is 2.24 bits per heavy atom. The molecule has 1 saturated carbocycles. The SMILES string of the molecule is Cn1nnc(Cl)c1-c1csc(C(=O)N[C@H](CN)CC2CCCCC2)c1. The van der Waals surface area contributed by atoms with Gasteiger partial charge in [-0.2, -0.15) is 0 Å². The molecule has 0 bridgehead atoms. The van der Waals surface area contributed by atoms with Crippen molar-refractivity contribution in [2.24, 2.45) is 18.7 Å². The molecular weight excluding hydrogens is 358 g/mol. The van der Waals surface area contributed by atoms with E-state index in [9.17, 15) is 4.79 Å². The lowest BCUT2D eigenvalue weighted by atomic mass is 9.85. The zero-order valence-electron chi connectivity index (χ0n) is 14.4. The van der Waals surface area contributed by atoms with Crippen molar-refractivity contribution in [3.63, 3.8) is 0 Å². The zero-order valence-corrected chi connectivity index (χ0v) is 15.9. The minimum Gasteiger partial charge on any atom is -0.347 e. The number of rotatable bonds is 6. The van der Waals surface area contributed by atoms with E-state index in [1.54, 1.807) is 11.7 Å². The van der Waals surface area contributed by atoms with Gasteiger partial charge in [0.15, 0.2) is 5.15 Å². The van der Waals surface area contributed by atoms with Crippen LogP contribution in [0, 0.1) is 5.92 Å². The Morgan fingerprint density at radius 3 is 2.88 bits per heavy atom. The van der Waals surface area contributed by atoms with Crippen LogP contribution in [0.3, 0.4) is 0 Å². The second kappa shape index (κ2) is 8.29. The number of carbonyl (C=O) groups is 1. The van der Waals surface area contributed by atoms with Crippen molar-refractivity contribution in [2.75, 3.05) is 6.54 Å². The normalized spacial score (nSPS) is 16.8. The van der Waals surface area contributed by atoms with E-state index in [2.05, 4.69) is 15.6 Å². The van der Waals surface area contributed by atoms with Gasteiger partial charge in [0.05, 0.1) is 4.88 Å². The molecule has 0 radical (unpaired) electrons. The number of aryl methyl sites for hydroxylation is 1. The number of hydrogen-bond donors (Lipinski definition) is 2. The smallest absolute Gasteiger partial charge is 0.261 e. The molecule has 2 aromatic heterocycles. The molecule has 0 unspecified atom stereocenters. The van der Waals surface area contributed by atoms with E-state index in [-0.39, 0.29) is 11.9 Å². The average Bonchev–Trinajstić information content (AvgIpc) is 3.22. The van der Waals surface area contributed by atoms with Gasteiger partial charge in [0.1, 0.15) is 5.69 Å². The molecule has 1 aliphatic carbocycles. The van der Waals surface area contributed by atoms with E-state index in [0.29, 0.717) is 22.5 Å². The lowest BCUT2D eigenvalue weighted by Crippen LogP contribution is -2.41. The predicted molar refractivity (Wildman–Crippen MR) is 101 cm³/mol. The molecular formula is C17H24ClN5OS. The quantitative estimate of drug-likeness (QED) is 0.804. The standard InChI is InChI=1S/C17H24ClN5OS/c1-23-15(16(18)21-22-23)12-8-14(25-10-12)17(24)20-13(9-19)7-11-5-3-2-4-6-11/h8,10-11,13H,2-7,9,19H2,1H3,(H,20,24)/t13-/m0/s1. The molecule has 1 aliphatic rings. The van der Waals surface area contributed by atoms with Crippen molar-refractivity contribution in [3.8, 4) is 11.3 Å². The van der Waals surface area contributed by atoms with Crippen LogP contribution in [0.1, 0.15) is 48.2 Å². The van der Waals surface area contributed by atoms with Crippen molar-refractivity contribution in [3.05, 3.63) is 21.5 Å². The van der Waals surface area contributed by atoms with E-state index < -0.39 is 0 Å². The van der Waals surface area contributed by atoms with Gasteiger partial charge in [0, 0.05) is 30.6 Å². The minimum atomic E-state index is -0.0752. The van der Waals surface area contributed by atoms with Crippen LogP contribution in [-0.2, 0) is 7.05 Å². The molecule has 6 nitrogen and oxygen atoms in total. The van der Waals surface area contributed by atoms with E-state index in [1.165, 1.54) is 43.4 Å². The third-order valence-electron chi connectivity index (χ3n) is 4.84. The Hall–Kier alpha value is -1.44. The van der Waals surface area contributed by atoms with Crippen molar-refractivity contribution >= 4 is 28.8 Å². The number of nitrogens with zero attached hydrogens (tertiary/aromatic N) is 3. The Labute approximate surface area is 156 Å². The summed E-state index contributed by atoms with van der Waals surface area (Å²) in [5.41, 5.74) is 7.46. The highest BCUT2D eigenvalue weighted by atomic mass is 35.5. The monoisotopic (exact) mass is 381 g/mol. The van der Waals surface area contributed by atoms with Gasteiger partial charge < -0.3 is 11.1 Å². The van der Waals surface area contributed by atoms with Crippen LogP contribution >= 0.6 is 22.9 Å². The summed E-state index contributed by atoms with van der Waals surface area (Å²) in [6, 6.07) is 1.86. The number of amides is 1. The molecule has 3 N–H and O–H groups in total. The van der Waals surface area contributed by atoms with Gasteiger partial charge in [-0.3, -0.25) is 4.79 Å². The molecule has 136 valence electrons. The topological polar surface area (TPSA) is 85.8 Å². The summed E-state index contributed by atoms with van der Waals surface area (Å²) in [5, 5.41) is 13.1. The van der Waals surface area contributed by atoms with Crippen molar-refractivity contribution in [1.82, 2.24) is 20.3 Å². The maximum Gasteiger partial charge on any atom is 0.261 e. The van der Waals surface area contributed by atoms with Crippen LogP contribution in [0.15, 0.2) is 11.4 Å². The van der Waals surface area contributed by atoms with E-state index in [1.807, 2.05) is 11.4 Å². The van der Waals surface area contributed by atoms with Crippen LogP contribution in [0.2, 0.25) is 5.15 Å². The highest BCUT2D eigenvalue weighted by Gasteiger charge is 2.21. The van der Waals surface area contributed by atoms with Crippen LogP contribution in [0.5, 0.6) is 0 Å². The first kappa shape index (κ1) is 18.4. The fourth-order valence-corrected chi connectivity index (χ4v) is 4.57. The highest BCUT2D eigenvalue weighted by molar-refractivity contribution is 7.12. The van der Waals surface area contributed by atoms with Crippen LogP contribution < -0.4 is 11.1 Å². The maximum atomic E-state index is 12.6. The van der Waals surface area contributed by atoms with Crippen molar-refractivity contribution in [1.29, 1.82) is 0 Å². The summed E-state index contributed by atoms with van der Waals surface area (Å²) < 4.78 is 1.61. The largest absolute Gasteiger partial charge is 0.347 e. The second-order valence-electron chi connectivity index (χ2n) is 6.70. The molecule has 0 saturated heterocycles. The Morgan fingerprint density at radius 1 is 1.48 bits per heavy atom. The molecule has 0 aliphatic heterocycles. The van der Waals surface area contributed by atoms with Crippen molar-refractivity contribution in [2.45, 2.75) is 44.6 Å². The maximum absolute atomic E-state index is 12.6. The fourth-order valence-electron chi connectivity index (χ4n) is 3.51. The number of halogens is 1. The molecule has 1 fully saturated rings. The van der Waals surface area contributed by atoms with Crippen molar-refractivity contribution < 1.29 is 4.79 Å².